The summed E-state index contributed by atoms with van der Waals surface area (Å²) in [4.78, 5) is 18.2. The molecule has 0 fully saturated rings. The number of carbonyl (C=O) groups is 1. The molecule has 0 aliphatic carbocycles. The SMILES string of the molecule is CCN(CCc1ccncc1)C(=O)Nc1ccc2c(c1)OCO2. The number of aromatic nitrogens is 1. The van der Waals surface area contributed by atoms with Crippen LogP contribution in [0.4, 0.5) is 10.5 Å². The zero-order chi connectivity index (χ0) is 16.1. The third kappa shape index (κ3) is 3.71. The van der Waals surface area contributed by atoms with E-state index in [-0.39, 0.29) is 12.8 Å². The second kappa shape index (κ2) is 7.00. The van der Waals surface area contributed by atoms with E-state index in [1.165, 1.54) is 0 Å². The lowest BCUT2D eigenvalue weighted by Gasteiger charge is -2.21. The number of amides is 2. The molecule has 120 valence electrons. The number of benzene rings is 1. The van der Waals surface area contributed by atoms with Gasteiger partial charge >= 0.3 is 6.03 Å². The van der Waals surface area contributed by atoms with Crippen LogP contribution in [0.15, 0.2) is 42.7 Å². The summed E-state index contributed by atoms with van der Waals surface area (Å²) in [6.45, 7) is 3.48. The molecule has 0 radical (unpaired) electrons. The van der Waals surface area contributed by atoms with E-state index < -0.39 is 0 Å². The fourth-order valence-electron chi connectivity index (χ4n) is 2.39. The van der Waals surface area contributed by atoms with E-state index in [2.05, 4.69) is 10.3 Å². The summed E-state index contributed by atoms with van der Waals surface area (Å²) in [6, 6.07) is 9.18. The molecule has 6 nitrogen and oxygen atoms in total. The fourth-order valence-corrected chi connectivity index (χ4v) is 2.39. The first-order valence-electron chi connectivity index (χ1n) is 7.60. The molecular weight excluding hydrogens is 294 g/mol. The molecule has 2 aromatic rings. The minimum absolute atomic E-state index is 0.125. The van der Waals surface area contributed by atoms with Crippen LogP contribution >= 0.6 is 0 Å². The van der Waals surface area contributed by atoms with Crippen LogP contribution in [0, 0.1) is 0 Å². The number of fused-ring (bicyclic) bond motifs is 1. The largest absolute Gasteiger partial charge is 0.454 e. The summed E-state index contributed by atoms with van der Waals surface area (Å²) in [6.07, 6.45) is 4.32. The number of anilines is 1. The van der Waals surface area contributed by atoms with E-state index >= 15 is 0 Å². The second-order valence-corrected chi connectivity index (χ2v) is 5.18. The first-order chi connectivity index (χ1) is 11.3. The van der Waals surface area contributed by atoms with E-state index in [1.54, 1.807) is 29.4 Å². The van der Waals surface area contributed by atoms with Crippen molar-refractivity contribution in [3.05, 3.63) is 48.3 Å². The number of rotatable bonds is 5. The van der Waals surface area contributed by atoms with Gasteiger partial charge in [-0.1, -0.05) is 0 Å². The average Bonchev–Trinajstić information content (AvgIpc) is 3.04. The third-order valence-corrected chi connectivity index (χ3v) is 3.71. The van der Waals surface area contributed by atoms with Crippen molar-refractivity contribution in [3.8, 4) is 11.5 Å². The lowest BCUT2D eigenvalue weighted by Crippen LogP contribution is -2.36. The summed E-state index contributed by atoms with van der Waals surface area (Å²) in [5.41, 5.74) is 1.86. The van der Waals surface area contributed by atoms with Crippen LogP contribution in [0.3, 0.4) is 0 Å². The zero-order valence-corrected chi connectivity index (χ0v) is 13.0. The Morgan fingerprint density at radius 1 is 1.22 bits per heavy atom. The van der Waals surface area contributed by atoms with Gasteiger partial charge in [-0.25, -0.2) is 4.79 Å². The van der Waals surface area contributed by atoms with Crippen LogP contribution in [-0.4, -0.2) is 35.8 Å². The normalized spacial score (nSPS) is 12.0. The van der Waals surface area contributed by atoms with Gasteiger partial charge in [0.05, 0.1) is 0 Å². The molecule has 6 heteroatoms. The van der Waals surface area contributed by atoms with E-state index in [1.807, 2.05) is 25.1 Å². The number of hydrogen-bond acceptors (Lipinski definition) is 4. The lowest BCUT2D eigenvalue weighted by atomic mass is 10.2. The molecule has 1 aliphatic rings. The average molecular weight is 313 g/mol. The van der Waals surface area contributed by atoms with Gasteiger partial charge in [-0.2, -0.15) is 0 Å². The van der Waals surface area contributed by atoms with Crippen molar-refractivity contribution in [2.75, 3.05) is 25.2 Å². The maximum atomic E-state index is 12.4. The Labute approximate surface area is 135 Å². The highest BCUT2D eigenvalue weighted by Crippen LogP contribution is 2.34. The number of hydrogen-bond donors (Lipinski definition) is 1. The van der Waals surface area contributed by atoms with Gasteiger partial charge in [0.2, 0.25) is 6.79 Å². The topological polar surface area (TPSA) is 63.7 Å². The number of ether oxygens (including phenoxy) is 2. The molecule has 0 bridgehead atoms. The predicted molar refractivity (Wildman–Crippen MR) is 86.8 cm³/mol. The fraction of sp³-hybridized carbons (Fsp3) is 0.294. The second-order valence-electron chi connectivity index (χ2n) is 5.18. The molecule has 0 spiro atoms. The van der Waals surface area contributed by atoms with Gasteiger partial charge in [0.1, 0.15) is 0 Å². The molecule has 23 heavy (non-hydrogen) atoms. The van der Waals surface area contributed by atoms with Crippen molar-refractivity contribution in [3.63, 3.8) is 0 Å². The summed E-state index contributed by atoms with van der Waals surface area (Å²) in [7, 11) is 0. The molecule has 3 rings (SSSR count). The maximum Gasteiger partial charge on any atom is 0.321 e. The Hall–Kier alpha value is -2.76. The van der Waals surface area contributed by atoms with Crippen LogP contribution in [0.1, 0.15) is 12.5 Å². The van der Waals surface area contributed by atoms with E-state index in [0.29, 0.717) is 30.3 Å². The van der Waals surface area contributed by atoms with Crippen LogP contribution < -0.4 is 14.8 Å². The van der Waals surface area contributed by atoms with E-state index in [0.717, 1.165) is 12.0 Å². The Kier molecular flexibility index (Phi) is 4.61. The summed E-state index contributed by atoms with van der Waals surface area (Å²) in [5.74, 6) is 1.36. The number of urea groups is 1. The Bertz CT molecular complexity index is 676. The Morgan fingerprint density at radius 3 is 2.78 bits per heavy atom. The number of carbonyl (C=O) groups excluding carboxylic acids is 1. The minimum Gasteiger partial charge on any atom is -0.454 e. The van der Waals surface area contributed by atoms with Crippen LogP contribution in [0.25, 0.3) is 0 Å². The van der Waals surface area contributed by atoms with Crippen LogP contribution in [0.2, 0.25) is 0 Å². The third-order valence-electron chi connectivity index (χ3n) is 3.71. The molecule has 0 saturated heterocycles. The van der Waals surface area contributed by atoms with Crippen molar-refractivity contribution >= 4 is 11.7 Å². The first kappa shape index (κ1) is 15.1. The molecule has 1 aliphatic heterocycles. The van der Waals surface area contributed by atoms with Gasteiger partial charge in [0.25, 0.3) is 0 Å². The molecule has 0 unspecified atom stereocenters. The molecule has 1 aromatic carbocycles. The first-order valence-corrected chi connectivity index (χ1v) is 7.60. The van der Waals surface area contributed by atoms with Crippen molar-refractivity contribution in [2.24, 2.45) is 0 Å². The number of nitrogens with one attached hydrogen (secondary N) is 1. The molecule has 0 atom stereocenters. The number of nitrogens with zero attached hydrogens (tertiary/aromatic N) is 2. The monoisotopic (exact) mass is 313 g/mol. The van der Waals surface area contributed by atoms with Crippen molar-refractivity contribution < 1.29 is 14.3 Å². The molecule has 1 aromatic heterocycles. The summed E-state index contributed by atoms with van der Waals surface area (Å²) in [5, 5.41) is 2.90. The highest BCUT2D eigenvalue weighted by molar-refractivity contribution is 5.89. The number of pyridine rings is 1. The highest BCUT2D eigenvalue weighted by Gasteiger charge is 2.16. The van der Waals surface area contributed by atoms with Gasteiger partial charge in [0, 0.05) is 37.2 Å². The highest BCUT2D eigenvalue weighted by atomic mass is 16.7. The van der Waals surface area contributed by atoms with Crippen molar-refractivity contribution in [2.45, 2.75) is 13.3 Å². The molecule has 1 N–H and O–H groups in total. The van der Waals surface area contributed by atoms with Gasteiger partial charge in [-0.15, -0.1) is 0 Å². The van der Waals surface area contributed by atoms with Gasteiger partial charge < -0.3 is 19.7 Å². The lowest BCUT2D eigenvalue weighted by molar-refractivity contribution is 0.174. The van der Waals surface area contributed by atoms with Crippen molar-refractivity contribution in [1.82, 2.24) is 9.88 Å². The van der Waals surface area contributed by atoms with E-state index in [4.69, 9.17) is 9.47 Å². The van der Waals surface area contributed by atoms with Crippen molar-refractivity contribution in [1.29, 1.82) is 0 Å². The molecule has 0 saturated carbocycles. The summed E-state index contributed by atoms with van der Waals surface area (Å²) < 4.78 is 10.6. The molecular formula is C17H19N3O3. The van der Waals surface area contributed by atoms with Crippen LogP contribution in [-0.2, 0) is 6.42 Å². The van der Waals surface area contributed by atoms with E-state index in [9.17, 15) is 4.79 Å². The zero-order valence-electron chi connectivity index (χ0n) is 13.0. The predicted octanol–water partition coefficient (Wildman–Crippen LogP) is 2.91. The number of likely N-dealkylation sites (N-methyl/N-ethyl adjacent to an activating group) is 1. The Morgan fingerprint density at radius 2 is 2.00 bits per heavy atom. The van der Waals surface area contributed by atoms with Gasteiger partial charge in [0.15, 0.2) is 11.5 Å². The molecule has 2 heterocycles. The Balaban J connectivity index is 1.59. The maximum absolute atomic E-state index is 12.4. The van der Waals surface area contributed by atoms with Gasteiger partial charge in [-0.3, -0.25) is 4.98 Å². The quantitative estimate of drug-likeness (QED) is 0.922. The van der Waals surface area contributed by atoms with Crippen LogP contribution in [0.5, 0.6) is 11.5 Å². The minimum atomic E-state index is -0.125. The smallest absolute Gasteiger partial charge is 0.321 e. The standard InChI is InChI=1S/C17H19N3O3/c1-2-20(10-7-13-5-8-18-9-6-13)17(21)19-14-3-4-15-16(11-14)23-12-22-15/h3-6,8-9,11H,2,7,10,12H2,1H3,(H,19,21). The van der Waals surface area contributed by atoms with Gasteiger partial charge in [-0.05, 0) is 43.2 Å². The molecule has 2 amide bonds. The summed E-state index contributed by atoms with van der Waals surface area (Å²) >= 11 is 0.